The second-order valence-corrected chi connectivity index (χ2v) is 6.88. The fourth-order valence-corrected chi connectivity index (χ4v) is 2.30. The SMILES string of the molecule is CCCCCCCC(=O)NN(C(=O)c1ccccc1)C(C)(C)C. The van der Waals surface area contributed by atoms with Crippen LogP contribution in [0.15, 0.2) is 30.3 Å². The standard InChI is InChI=1S/C19H30N2O2/c1-5-6-7-8-12-15-17(22)20-21(19(2,3)4)18(23)16-13-10-9-11-14-16/h9-11,13-14H,5-8,12,15H2,1-4H3,(H,20,22). The molecular formula is C19H30N2O2. The third kappa shape index (κ3) is 6.85. The van der Waals surface area contributed by atoms with Crippen molar-refractivity contribution in [1.82, 2.24) is 10.4 Å². The molecule has 0 aliphatic heterocycles. The summed E-state index contributed by atoms with van der Waals surface area (Å²) in [5, 5.41) is 1.44. The third-order valence-corrected chi connectivity index (χ3v) is 3.64. The molecule has 0 aliphatic rings. The number of rotatable bonds is 7. The van der Waals surface area contributed by atoms with Crippen LogP contribution in [-0.2, 0) is 4.79 Å². The number of benzene rings is 1. The van der Waals surface area contributed by atoms with Crippen LogP contribution in [0, 0.1) is 0 Å². The second kappa shape index (κ2) is 9.33. The van der Waals surface area contributed by atoms with Gasteiger partial charge in [-0.2, -0.15) is 0 Å². The van der Waals surface area contributed by atoms with Crippen molar-refractivity contribution >= 4 is 11.8 Å². The van der Waals surface area contributed by atoms with Crippen molar-refractivity contribution in [1.29, 1.82) is 0 Å². The van der Waals surface area contributed by atoms with Gasteiger partial charge in [-0.3, -0.25) is 15.0 Å². The van der Waals surface area contributed by atoms with Crippen molar-refractivity contribution < 1.29 is 9.59 Å². The van der Waals surface area contributed by atoms with E-state index in [2.05, 4.69) is 12.3 Å². The molecule has 0 saturated carbocycles. The monoisotopic (exact) mass is 318 g/mol. The van der Waals surface area contributed by atoms with Gasteiger partial charge >= 0.3 is 0 Å². The Labute approximate surface area is 140 Å². The molecule has 2 amide bonds. The van der Waals surface area contributed by atoms with Gasteiger partial charge in [-0.15, -0.1) is 0 Å². The highest BCUT2D eigenvalue weighted by Crippen LogP contribution is 2.15. The first-order valence-electron chi connectivity index (χ1n) is 8.55. The predicted molar refractivity (Wildman–Crippen MR) is 93.9 cm³/mol. The van der Waals surface area contributed by atoms with Gasteiger partial charge in [-0.05, 0) is 39.3 Å². The van der Waals surface area contributed by atoms with Gasteiger partial charge in [0, 0.05) is 12.0 Å². The molecule has 4 nitrogen and oxygen atoms in total. The van der Waals surface area contributed by atoms with Crippen LogP contribution in [0.4, 0.5) is 0 Å². The molecule has 0 saturated heterocycles. The number of nitrogens with one attached hydrogen (secondary N) is 1. The van der Waals surface area contributed by atoms with Gasteiger partial charge in [0.1, 0.15) is 0 Å². The summed E-state index contributed by atoms with van der Waals surface area (Å²) in [5.41, 5.74) is 2.88. The summed E-state index contributed by atoms with van der Waals surface area (Å²) in [4.78, 5) is 24.8. The number of nitrogens with zero attached hydrogens (tertiary/aromatic N) is 1. The lowest BCUT2D eigenvalue weighted by Gasteiger charge is -2.35. The van der Waals surface area contributed by atoms with Crippen molar-refractivity contribution in [3.05, 3.63) is 35.9 Å². The minimum absolute atomic E-state index is 0.0966. The highest BCUT2D eigenvalue weighted by atomic mass is 16.2. The molecule has 1 N–H and O–H groups in total. The van der Waals surface area contributed by atoms with Crippen molar-refractivity contribution in [3.8, 4) is 0 Å². The van der Waals surface area contributed by atoms with Crippen LogP contribution in [0.2, 0.25) is 0 Å². The normalized spacial score (nSPS) is 11.1. The summed E-state index contributed by atoms with van der Waals surface area (Å²) >= 11 is 0. The van der Waals surface area contributed by atoms with Crippen molar-refractivity contribution in [2.75, 3.05) is 0 Å². The van der Waals surface area contributed by atoms with Gasteiger partial charge in [0.15, 0.2) is 0 Å². The van der Waals surface area contributed by atoms with E-state index < -0.39 is 5.54 Å². The zero-order valence-electron chi connectivity index (χ0n) is 14.9. The van der Waals surface area contributed by atoms with E-state index in [0.717, 1.165) is 19.3 Å². The topological polar surface area (TPSA) is 49.4 Å². The molecule has 0 atom stereocenters. The number of unbranched alkanes of at least 4 members (excludes halogenated alkanes) is 4. The Morgan fingerprint density at radius 2 is 1.61 bits per heavy atom. The number of amides is 2. The first kappa shape index (κ1) is 19.2. The van der Waals surface area contributed by atoms with E-state index in [-0.39, 0.29) is 11.8 Å². The second-order valence-electron chi connectivity index (χ2n) is 6.88. The zero-order chi connectivity index (χ0) is 17.3. The zero-order valence-corrected chi connectivity index (χ0v) is 14.9. The molecule has 1 rings (SSSR count). The molecule has 1 aromatic carbocycles. The molecule has 0 heterocycles. The molecule has 1 aromatic rings. The van der Waals surface area contributed by atoms with Gasteiger partial charge in [-0.25, -0.2) is 5.01 Å². The predicted octanol–water partition coefficient (Wildman–Crippen LogP) is 4.32. The van der Waals surface area contributed by atoms with Crippen LogP contribution in [0.25, 0.3) is 0 Å². The largest absolute Gasteiger partial charge is 0.273 e. The average molecular weight is 318 g/mol. The van der Waals surface area contributed by atoms with E-state index >= 15 is 0 Å². The Balaban J connectivity index is 2.62. The lowest BCUT2D eigenvalue weighted by Crippen LogP contribution is -2.55. The summed E-state index contributed by atoms with van der Waals surface area (Å²) < 4.78 is 0. The fraction of sp³-hybridized carbons (Fsp3) is 0.579. The molecule has 0 aromatic heterocycles. The Kier molecular flexibility index (Phi) is 7.79. The molecule has 0 fully saturated rings. The molecule has 0 aliphatic carbocycles. The Morgan fingerprint density at radius 1 is 1.00 bits per heavy atom. The molecular weight excluding hydrogens is 288 g/mol. The fourth-order valence-electron chi connectivity index (χ4n) is 2.30. The van der Waals surface area contributed by atoms with E-state index in [9.17, 15) is 9.59 Å². The van der Waals surface area contributed by atoms with Crippen molar-refractivity contribution in [3.63, 3.8) is 0 Å². The van der Waals surface area contributed by atoms with Gasteiger partial charge < -0.3 is 0 Å². The summed E-state index contributed by atoms with van der Waals surface area (Å²) in [7, 11) is 0. The number of hydrogen-bond acceptors (Lipinski definition) is 2. The van der Waals surface area contributed by atoms with E-state index in [0.29, 0.717) is 12.0 Å². The van der Waals surface area contributed by atoms with E-state index in [4.69, 9.17) is 0 Å². The molecule has 0 spiro atoms. The lowest BCUT2D eigenvalue weighted by molar-refractivity contribution is -0.127. The van der Waals surface area contributed by atoms with Crippen LogP contribution in [0.5, 0.6) is 0 Å². The third-order valence-electron chi connectivity index (χ3n) is 3.64. The molecule has 128 valence electrons. The Hall–Kier alpha value is -1.84. The maximum atomic E-state index is 12.7. The number of hydrazine groups is 1. The van der Waals surface area contributed by atoms with Gasteiger partial charge in [0.2, 0.25) is 5.91 Å². The number of carbonyl (C=O) groups is 2. The quantitative estimate of drug-likeness (QED) is 0.601. The minimum atomic E-state index is -0.481. The van der Waals surface area contributed by atoms with Crippen molar-refractivity contribution in [2.45, 2.75) is 71.8 Å². The van der Waals surface area contributed by atoms with Crippen LogP contribution in [0.1, 0.15) is 76.6 Å². The van der Waals surface area contributed by atoms with Crippen LogP contribution < -0.4 is 5.43 Å². The van der Waals surface area contributed by atoms with Gasteiger partial charge in [0.25, 0.3) is 5.91 Å². The average Bonchev–Trinajstić information content (AvgIpc) is 2.51. The first-order valence-corrected chi connectivity index (χ1v) is 8.55. The van der Waals surface area contributed by atoms with Gasteiger partial charge in [-0.1, -0.05) is 50.8 Å². The summed E-state index contributed by atoms with van der Waals surface area (Å²) in [6.45, 7) is 7.91. The summed E-state index contributed by atoms with van der Waals surface area (Å²) in [6, 6.07) is 9.04. The maximum absolute atomic E-state index is 12.7. The number of hydrogen-bond donors (Lipinski definition) is 1. The van der Waals surface area contributed by atoms with Crippen LogP contribution in [0.3, 0.4) is 0 Å². The number of carbonyl (C=O) groups excluding carboxylic acids is 2. The maximum Gasteiger partial charge on any atom is 0.272 e. The molecule has 4 heteroatoms. The van der Waals surface area contributed by atoms with Crippen molar-refractivity contribution in [2.24, 2.45) is 0 Å². The molecule has 23 heavy (non-hydrogen) atoms. The van der Waals surface area contributed by atoms with E-state index in [1.807, 2.05) is 39.0 Å². The summed E-state index contributed by atoms with van der Waals surface area (Å²) in [6.07, 6.45) is 5.94. The smallest absolute Gasteiger partial charge is 0.272 e. The Bertz CT molecular complexity index is 492. The summed E-state index contributed by atoms with van der Waals surface area (Å²) in [5.74, 6) is -0.280. The minimum Gasteiger partial charge on any atom is -0.273 e. The van der Waals surface area contributed by atoms with E-state index in [1.54, 1.807) is 12.1 Å². The molecule has 0 unspecified atom stereocenters. The first-order chi connectivity index (χ1) is 10.9. The lowest BCUT2D eigenvalue weighted by atomic mass is 10.1. The Morgan fingerprint density at radius 3 is 2.17 bits per heavy atom. The van der Waals surface area contributed by atoms with Crippen LogP contribution >= 0.6 is 0 Å². The molecule has 0 bridgehead atoms. The highest BCUT2D eigenvalue weighted by molar-refractivity contribution is 5.95. The highest BCUT2D eigenvalue weighted by Gasteiger charge is 2.28. The van der Waals surface area contributed by atoms with E-state index in [1.165, 1.54) is 17.9 Å². The van der Waals surface area contributed by atoms with Crippen LogP contribution in [-0.4, -0.2) is 22.4 Å². The molecule has 0 radical (unpaired) electrons. The van der Waals surface area contributed by atoms with Gasteiger partial charge in [0.05, 0.1) is 5.54 Å².